The van der Waals surface area contributed by atoms with Gasteiger partial charge in [-0.3, -0.25) is 0 Å². The zero-order valence-electron chi connectivity index (χ0n) is 11.3. The lowest BCUT2D eigenvalue weighted by Crippen LogP contribution is -2.16. The fraction of sp³-hybridized carbons (Fsp3) is 0.467. The lowest BCUT2D eigenvalue weighted by atomic mass is 10.1. The monoisotopic (exact) mass is 268 g/mol. The average molecular weight is 268 g/mol. The van der Waals surface area contributed by atoms with Gasteiger partial charge in [-0.25, -0.2) is 9.97 Å². The van der Waals surface area contributed by atoms with E-state index in [-0.39, 0.29) is 0 Å². The van der Waals surface area contributed by atoms with E-state index in [9.17, 15) is 0 Å². The van der Waals surface area contributed by atoms with Crippen LogP contribution in [0.1, 0.15) is 24.5 Å². The molecule has 2 aromatic heterocycles. The van der Waals surface area contributed by atoms with Gasteiger partial charge in [0.1, 0.15) is 18.3 Å². The summed E-state index contributed by atoms with van der Waals surface area (Å²) in [6, 6.07) is 4.41. The molecule has 0 radical (unpaired) electrons. The molecular weight excluding hydrogens is 252 g/mol. The second-order valence-corrected chi connectivity index (χ2v) is 5.70. The van der Waals surface area contributed by atoms with Gasteiger partial charge in [-0.15, -0.1) is 0 Å². The Morgan fingerprint density at radius 1 is 0.900 bits per heavy atom. The molecule has 0 saturated carbocycles. The van der Waals surface area contributed by atoms with Crippen LogP contribution in [0.3, 0.4) is 0 Å². The van der Waals surface area contributed by atoms with E-state index in [0.29, 0.717) is 6.61 Å². The summed E-state index contributed by atoms with van der Waals surface area (Å²) in [6.07, 6.45) is 3.62. The SMILES string of the molecule is c1c2nc3n(c2cc2nc4n(c12)CCCC4)CCOC3. The van der Waals surface area contributed by atoms with Crippen LogP contribution in [0.25, 0.3) is 22.1 Å². The maximum absolute atomic E-state index is 5.49. The van der Waals surface area contributed by atoms with Crippen molar-refractivity contribution in [1.29, 1.82) is 0 Å². The van der Waals surface area contributed by atoms with Crippen molar-refractivity contribution in [3.8, 4) is 0 Å². The zero-order chi connectivity index (χ0) is 13.1. The summed E-state index contributed by atoms with van der Waals surface area (Å²) in [5.41, 5.74) is 4.63. The Hall–Kier alpha value is -1.88. The van der Waals surface area contributed by atoms with Crippen molar-refractivity contribution in [1.82, 2.24) is 19.1 Å². The van der Waals surface area contributed by atoms with Crippen molar-refractivity contribution in [3.05, 3.63) is 23.8 Å². The van der Waals surface area contributed by atoms with Gasteiger partial charge in [0.15, 0.2) is 0 Å². The van der Waals surface area contributed by atoms with Gasteiger partial charge in [-0.2, -0.15) is 0 Å². The van der Waals surface area contributed by atoms with Gasteiger partial charge in [0.25, 0.3) is 0 Å². The van der Waals surface area contributed by atoms with Crippen LogP contribution < -0.4 is 0 Å². The largest absolute Gasteiger partial charge is 0.372 e. The van der Waals surface area contributed by atoms with Crippen molar-refractivity contribution in [3.63, 3.8) is 0 Å². The van der Waals surface area contributed by atoms with E-state index in [1.54, 1.807) is 0 Å². The molecule has 0 fully saturated rings. The maximum Gasteiger partial charge on any atom is 0.136 e. The first-order valence-corrected chi connectivity index (χ1v) is 7.36. The Balaban J connectivity index is 1.83. The van der Waals surface area contributed by atoms with E-state index < -0.39 is 0 Å². The molecule has 0 saturated heterocycles. The molecule has 3 aromatic rings. The molecule has 0 bridgehead atoms. The number of nitrogens with zero attached hydrogens (tertiary/aromatic N) is 4. The summed E-state index contributed by atoms with van der Waals surface area (Å²) in [5.74, 6) is 2.28. The molecular formula is C15H16N4O. The molecule has 1 aromatic carbocycles. The van der Waals surface area contributed by atoms with E-state index in [2.05, 4.69) is 21.3 Å². The lowest BCUT2D eigenvalue weighted by molar-refractivity contribution is 0.0830. The second-order valence-electron chi connectivity index (χ2n) is 5.70. The standard InChI is InChI=1S/C15H16N4O/c1-2-4-18-12-8-11-13(7-10(12)16-14(18)3-1)19-5-6-20-9-15(19)17-11/h7-8H,1-6,9H2. The first kappa shape index (κ1) is 10.9. The normalized spacial score (nSPS) is 18.4. The highest BCUT2D eigenvalue weighted by atomic mass is 16.5. The van der Waals surface area contributed by atoms with E-state index >= 15 is 0 Å². The van der Waals surface area contributed by atoms with Crippen molar-refractivity contribution < 1.29 is 4.74 Å². The van der Waals surface area contributed by atoms with Crippen molar-refractivity contribution in [2.45, 2.75) is 39.0 Å². The van der Waals surface area contributed by atoms with Crippen LogP contribution >= 0.6 is 0 Å². The van der Waals surface area contributed by atoms with Crippen LogP contribution in [0.5, 0.6) is 0 Å². The fourth-order valence-corrected chi connectivity index (χ4v) is 3.52. The summed E-state index contributed by atoms with van der Waals surface area (Å²) in [7, 11) is 0. The predicted octanol–water partition coefficient (Wildman–Crippen LogP) is 2.25. The molecule has 2 aliphatic heterocycles. The third kappa shape index (κ3) is 1.36. The summed E-state index contributed by atoms with van der Waals surface area (Å²) < 4.78 is 10.1. The minimum absolute atomic E-state index is 0.623. The Bertz CT molecular complexity index is 759. The summed E-state index contributed by atoms with van der Waals surface area (Å²) in [5, 5.41) is 0. The van der Waals surface area contributed by atoms with Gasteiger partial charge in [0, 0.05) is 19.5 Å². The third-order valence-electron chi connectivity index (χ3n) is 4.50. The quantitative estimate of drug-likeness (QED) is 0.628. The molecule has 4 heterocycles. The number of imidazole rings is 2. The minimum Gasteiger partial charge on any atom is -0.372 e. The highest BCUT2D eigenvalue weighted by Gasteiger charge is 2.19. The van der Waals surface area contributed by atoms with Crippen molar-refractivity contribution in [2.75, 3.05) is 6.61 Å². The molecule has 102 valence electrons. The molecule has 5 rings (SSSR count). The van der Waals surface area contributed by atoms with Gasteiger partial charge in [-0.05, 0) is 25.0 Å². The Kier molecular flexibility index (Phi) is 2.07. The highest BCUT2D eigenvalue weighted by Crippen LogP contribution is 2.28. The summed E-state index contributed by atoms with van der Waals surface area (Å²) >= 11 is 0. The maximum atomic E-state index is 5.49. The molecule has 0 unspecified atom stereocenters. The highest BCUT2D eigenvalue weighted by molar-refractivity contribution is 5.92. The second kappa shape index (κ2) is 3.82. The van der Waals surface area contributed by atoms with E-state index in [1.165, 1.54) is 29.7 Å². The van der Waals surface area contributed by atoms with Crippen LogP contribution in [0.4, 0.5) is 0 Å². The minimum atomic E-state index is 0.623. The van der Waals surface area contributed by atoms with Crippen LogP contribution in [-0.4, -0.2) is 25.7 Å². The van der Waals surface area contributed by atoms with Crippen LogP contribution in [-0.2, 0) is 30.9 Å². The molecule has 5 nitrogen and oxygen atoms in total. The molecule has 20 heavy (non-hydrogen) atoms. The van der Waals surface area contributed by atoms with Gasteiger partial charge in [0.2, 0.25) is 0 Å². The van der Waals surface area contributed by atoms with E-state index in [4.69, 9.17) is 14.7 Å². The number of fused-ring (bicyclic) bond motifs is 6. The summed E-state index contributed by atoms with van der Waals surface area (Å²) in [4.78, 5) is 9.55. The number of rotatable bonds is 0. The van der Waals surface area contributed by atoms with Gasteiger partial charge < -0.3 is 13.9 Å². The predicted molar refractivity (Wildman–Crippen MR) is 75.6 cm³/mol. The topological polar surface area (TPSA) is 44.9 Å². The van der Waals surface area contributed by atoms with Crippen LogP contribution in [0.2, 0.25) is 0 Å². The Morgan fingerprint density at radius 2 is 1.65 bits per heavy atom. The van der Waals surface area contributed by atoms with E-state index in [0.717, 1.165) is 43.0 Å². The first-order valence-electron chi connectivity index (χ1n) is 7.36. The molecule has 0 atom stereocenters. The first-order chi connectivity index (χ1) is 9.90. The average Bonchev–Trinajstić information content (AvgIpc) is 3.02. The number of benzene rings is 1. The smallest absolute Gasteiger partial charge is 0.136 e. The molecule has 5 heteroatoms. The molecule has 0 amide bonds. The number of aromatic nitrogens is 4. The summed E-state index contributed by atoms with van der Waals surface area (Å²) in [6.45, 7) is 3.38. The van der Waals surface area contributed by atoms with Crippen molar-refractivity contribution >= 4 is 22.1 Å². The Labute approximate surface area is 116 Å². The van der Waals surface area contributed by atoms with Crippen LogP contribution in [0, 0.1) is 0 Å². The van der Waals surface area contributed by atoms with Gasteiger partial charge >= 0.3 is 0 Å². The number of hydrogen-bond donors (Lipinski definition) is 0. The van der Waals surface area contributed by atoms with E-state index in [1.807, 2.05) is 0 Å². The number of ether oxygens (including phenoxy) is 1. The van der Waals surface area contributed by atoms with Gasteiger partial charge in [0.05, 0.1) is 28.7 Å². The molecule has 0 N–H and O–H groups in total. The van der Waals surface area contributed by atoms with Crippen LogP contribution in [0.15, 0.2) is 12.1 Å². The van der Waals surface area contributed by atoms with Crippen molar-refractivity contribution in [2.24, 2.45) is 0 Å². The Morgan fingerprint density at radius 3 is 2.50 bits per heavy atom. The third-order valence-corrected chi connectivity index (χ3v) is 4.50. The molecule has 0 aliphatic carbocycles. The zero-order valence-corrected chi connectivity index (χ0v) is 11.3. The molecule has 0 spiro atoms. The molecule has 2 aliphatic rings. The number of hydrogen-bond acceptors (Lipinski definition) is 3. The number of aryl methyl sites for hydroxylation is 2. The fourth-order valence-electron chi connectivity index (χ4n) is 3.52. The lowest BCUT2D eigenvalue weighted by Gasteiger charge is -2.14. The van der Waals surface area contributed by atoms with Gasteiger partial charge in [-0.1, -0.05) is 0 Å².